The van der Waals surface area contributed by atoms with E-state index in [0.29, 0.717) is 49.0 Å². The van der Waals surface area contributed by atoms with Crippen LogP contribution in [0.15, 0.2) is 36.4 Å². The van der Waals surface area contributed by atoms with Crippen molar-refractivity contribution in [3.05, 3.63) is 47.7 Å². The zero-order chi connectivity index (χ0) is 24.5. The van der Waals surface area contributed by atoms with Gasteiger partial charge in [0.1, 0.15) is 17.9 Å². The zero-order valence-electron chi connectivity index (χ0n) is 20.1. The predicted octanol–water partition coefficient (Wildman–Crippen LogP) is 2.79. The van der Waals surface area contributed by atoms with Gasteiger partial charge in [-0.05, 0) is 44.0 Å². The highest BCUT2D eigenvalue weighted by Crippen LogP contribution is 2.21. The number of hydrogen-bond donors (Lipinski definition) is 6. The van der Waals surface area contributed by atoms with E-state index in [4.69, 9.17) is 10.00 Å². The van der Waals surface area contributed by atoms with E-state index in [1.165, 1.54) is 6.42 Å². The van der Waals surface area contributed by atoms with Crippen molar-refractivity contribution in [2.24, 2.45) is 0 Å². The first-order chi connectivity index (χ1) is 17.1. The van der Waals surface area contributed by atoms with E-state index < -0.39 is 0 Å². The molecule has 0 bridgehead atoms. The molecule has 0 saturated carbocycles. The van der Waals surface area contributed by atoms with E-state index in [0.717, 1.165) is 29.9 Å². The molecule has 11 nitrogen and oxygen atoms in total. The van der Waals surface area contributed by atoms with Gasteiger partial charge in [0, 0.05) is 49.8 Å². The van der Waals surface area contributed by atoms with Crippen LogP contribution in [-0.4, -0.2) is 59.2 Å². The fourth-order valence-electron chi connectivity index (χ4n) is 3.96. The first-order valence-electron chi connectivity index (χ1n) is 11.8. The predicted molar refractivity (Wildman–Crippen MR) is 136 cm³/mol. The number of benzene rings is 1. The summed E-state index contributed by atoms with van der Waals surface area (Å²) >= 11 is 0. The number of aryl methyl sites for hydroxylation is 1. The molecule has 1 aliphatic rings. The van der Waals surface area contributed by atoms with Crippen LogP contribution in [0.25, 0.3) is 0 Å². The Labute approximate surface area is 205 Å². The number of H-pyrrole nitrogens is 1. The second-order valence-corrected chi connectivity index (χ2v) is 8.42. The molecular formula is C24H32N10O. The van der Waals surface area contributed by atoms with Gasteiger partial charge in [-0.1, -0.05) is 12.1 Å². The summed E-state index contributed by atoms with van der Waals surface area (Å²) in [7, 11) is 1.73. The minimum atomic E-state index is -0.0222. The van der Waals surface area contributed by atoms with Crippen LogP contribution in [0.3, 0.4) is 0 Å². The number of aromatic amines is 1. The molecule has 184 valence electrons. The molecular weight excluding hydrogens is 444 g/mol. The summed E-state index contributed by atoms with van der Waals surface area (Å²) in [6.45, 7) is 4.35. The van der Waals surface area contributed by atoms with Gasteiger partial charge in [0.2, 0.25) is 5.95 Å². The maximum atomic E-state index is 8.87. The Hall–Kier alpha value is -3.72. The van der Waals surface area contributed by atoms with Gasteiger partial charge in [-0.2, -0.15) is 20.3 Å². The van der Waals surface area contributed by atoms with Crippen molar-refractivity contribution in [3.8, 4) is 6.07 Å². The third-order valence-electron chi connectivity index (χ3n) is 5.68. The van der Waals surface area contributed by atoms with Crippen LogP contribution in [0.4, 0.5) is 29.1 Å². The third kappa shape index (κ3) is 7.13. The summed E-state index contributed by atoms with van der Waals surface area (Å²) in [6.07, 6.45) is 2.64. The molecule has 1 aliphatic heterocycles. The molecule has 0 radical (unpaired) electrons. The lowest BCUT2D eigenvalue weighted by molar-refractivity contribution is 0.0481. The van der Waals surface area contributed by atoms with Crippen molar-refractivity contribution >= 4 is 29.1 Å². The molecule has 3 aromatic rings. The minimum Gasteiger partial charge on any atom is -0.369 e. The summed E-state index contributed by atoms with van der Waals surface area (Å²) in [5.41, 5.74) is 2.74. The number of rotatable bonds is 12. The van der Waals surface area contributed by atoms with Crippen molar-refractivity contribution in [2.75, 3.05) is 42.7 Å². The van der Waals surface area contributed by atoms with Gasteiger partial charge in [0.05, 0.1) is 12.5 Å². The van der Waals surface area contributed by atoms with Gasteiger partial charge in [0.15, 0.2) is 5.82 Å². The van der Waals surface area contributed by atoms with E-state index in [1.54, 1.807) is 7.11 Å². The first kappa shape index (κ1) is 24.4. The Balaban J connectivity index is 1.42. The van der Waals surface area contributed by atoms with Crippen molar-refractivity contribution in [1.82, 2.24) is 30.8 Å². The van der Waals surface area contributed by atoms with Crippen LogP contribution in [0.2, 0.25) is 0 Å². The molecule has 4 rings (SSSR count). The molecule has 0 spiro atoms. The number of aromatic nitrogens is 4. The smallest absolute Gasteiger partial charge is 0.231 e. The van der Waals surface area contributed by atoms with Gasteiger partial charge in [-0.15, -0.1) is 0 Å². The van der Waals surface area contributed by atoms with Crippen LogP contribution < -0.4 is 26.6 Å². The average molecular weight is 477 g/mol. The third-order valence-corrected chi connectivity index (χ3v) is 5.68. The molecule has 3 heterocycles. The number of nitrogens with one attached hydrogen (secondary N) is 6. The zero-order valence-corrected chi connectivity index (χ0v) is 20.1. The van der Waals surface area contributed by atoms with Gasteiger partial charge in [-0.3, -0.25) is 10.4 Å². The second-order valence-electron chi connectivity index (χ2n) is 8.42. The molecule has 35 heavy (non-hydrogen) atoms. The fourth-order valence-corrected chi connectivity index (χ4v) is 3.96. The van der Waals surface area contributed by atoms with Crippen LogP contribution in [-0.2, 0) is 11.2 Å². The number of anilines is 5. The van der Waals surface area contributed by atoms with Crippen LogP contribution in [0.1, 0.15) is 24.1 Å². The quantitative estimate of drug-likeness (QED) is 0.170. The molecule has 1 fully saturated rings. The van der Waals surface area contributed by atoms with Crippen molar-refractivity contribution in [3.63, 3.8) is 0 Å². The van der Waals surface area contributed by atoms with E-state index in [9.17, 15) is 0 Å². The standard InChI is InChI=1S/C24H32N10O/c1-16-14-22(34-33-16)30-21-15-20(27-12-13-28-23(35-2)19-4-3-11-26-19)31-24(32-21)29-18-7-5-17(6-8-18)9-10-25/h5-8,14-15,19,23,26,28H,3-4,9,11-13H2,1-2H3,(H4,27,29,30,31,32,33,34)/t19-,23?/m0/s1. The fraction of sp³-hybridized carbons (Fsp3) is 0.417. The largest absolute Gasteiger partial charge is 0.369 e. The number of nitriles is 1. The highest BCUT2D eigenvalue weighted by atomic mass is 16.5. The summed E-state index contributed by atoms with van der Waals surface area (Å²) in [6, 6.07) is 13.9. The summed E-state index contributed by atoms with van der Waals surface area (Å²) in [5, 5.41) is 32.8. The van der Waals surface area contributed by atoms with Crippen LogP contribution in [0.5, 0.6) is 0 Å². The van der Waals surface area contributed by atoms with Gasteiger partial charge < -0.3 is 26.0 Å². The highest BCUT2D eigenvalue weighted by Gasteiger charge is 2.23. The van der Waals surface area contributed by atoms with Gasteiger partial charge >= 0.3 is 0 Å². The first-order valence-corrected chi connectivity index (χ1v) is 11.8. The van der Waals surface area contributed by atoms with E-state index in [1.807, 2.05) is 43.3 Å². The molecule has 1 aromatic carbocycles. The molecule has 1 saturated heterocycles. The molecule has 11 heteroatoms. The lowest BCUT2D eigenvalue weighted by atomic mass is 10.1. The SMILES string of the molecule is COC(NCCNc1cc(Nc2cc(C)[nH]n2)nc(Nc2ccc(CC#N)cc2)n1)[C@@H]1CCCN1. The number of hydrogen-bond acceptors (Lipinski definition) is 10. The summed E-state index contributed by atoms with van der Waals surface area (Å²) in [5.74, 6) is 2.40. The Morgan fingerprint density at radius 1 is 1.11 bits per heavy atom. The van der Waals surface area contributed by atoms with Crippen molar-refractivity contribution < 1.29 is 4.74 Å². The molecule has 0 aliphatic carbocycles. The molecule has 2 aromatic heterocycles. The molecule has 0 amide bonds. The highest BCUT2D eigenvalue weighted by molar-refractivity contribution is 5.62. The van der Waals surface area contributed by atoms with Gasteiger partial charge in [-0.25, -0.2) is 0 Å². The summed E-state index contributed by atoms with van der Waals surface area (Å²) in [4.78, 5) is 9.21. The normalized spacial score (nSPS) is 16.0. The molecule has 2 atom stereocenters. The minimum absolute atomic E-state index is 0.0222. The lowest BCUT2D eigenvalue weighted by Gasteiger charge is -2.23. The van der Waals surface area contributed by atoms with Crippen LogP contribution in [0, 0.1) is 18.3 Å². The van der Waals surface area contributed by atoms with Crippen molar-refractivity contribution in [2.45, 2.75) is 38.5 Å². The Bertz CT molecular complexity index is 1120. The maximum Gasteiger partial charge on any atom is 0.231 e. The van der Waals surface area contributed by atoms with E-state index in [-0.39, 0.29) is 6.23 Å². The summed E-state index contributed by atoms with van der Waals surface area (Å²) < 4.78 is 5.61. The number of ether oxygens (including phenoxy) is 1. The number of nitrogens with zero attached hydrogens (tertiary/aromatic N) is 4. The second kappa shape index (κ2) is 12.1. The Kier molecular flexibility index (Phi) is 8.45. The van der Waals surface area contributed by atoms with E-state index >= 15 is 0 Å². The van der Waals surface area contributed by atoms with E-state index in [2.05, 4.69) is 52.8 Å². The molecule has 6 N–H and O–H groups in total. The van der Waals surface area contributed by atoms with Gasteiger partial charge in [0.25, 0.3) is 0 Å². The maximum absolute atomic E-state index is 8.87. The number of methoxy groups -OCH3 is 1. The average Bonchev–Trinajstić information content (AvgIpc) is 3.53. The Morgan fingerprint density at radius 2 is 1.94 bits per heavy atom. The lowest BCUT2D eigenvalue weighted by Crippen LogP contribution is -2.47. The van der Waals surface area contributed by atoms with Crippen LogP contribution >= 0.6 is 0 Å². The van der Waals surface area contributed by atoms with Crippen molar-refractivity contribution in [1.29, 1.82) is 5.26 Å². The Morgan fingerprint density at radius 3 is 2.63 bits per heavy atom. The monoisotopic (exact) mass is 476 g/mol. The molecule has 1 unspecified atom stereocenters. The topological polar surface area (TPSA) is 148 Å².